The van der Waals surface area contributed by atoms with E-state index in [4.69, 9.17) is 9.05 Å². The summed E-state index contributed by atoms with van der Waals surface area (Å²) in [7, 11) is -0.519. The van der Waals surface area contributed by atoms with Crippen LogP contribution in [-0.4, -0.2) is 26.2 Å². The first-order valence-electron chi connectivity index (χ1n) is 5.82. The van der Waals surface area contributed by atoms with Crippen molar-refractivity contribution < 1.29 is 18.4 Å². The Kier molecular flexibility index (Phi) is 5.67. The molecule has 0 aliphatic heterocycles. The Labute approximate surface area is 97.2 Å². The maximum Gasteiger partial charge on any atom is 0.337 e. The fourth-order valence-corrected chi connectivity index (χ4v) is 3.17. The van der Waals surface area contributed by atoms with Gasteiger partial charge >= 0.3 is 7.60 Å². The van der Waals surface area contributed by atoms with Crippen molar-refractivity contribution in [2.45, 2.75) is 38.5 Å². The van der Waals surface area contributed by atoms with Gasteiger partial charge in [-0.3, -0.25) is 9.36 Å². The fourth-order valence-electron chi connectivity index (χ4n) is 2.20. The van der Waals surface area contributed by atoms with Gasteiger partial charge in [0.05, 0.1) is 0 Å². The van der Waals surface area contributed by atoms with Crippen LogP contribution in [-0.2, 0) is 18.4 Å². The highest BCUT2D eigenvalue weighted by Crippen LogP contribution is 2.46. The first-order chi connectivity index (χ1) is 7.59. The highest BCUT2D eigenvalue weighted by Gasteiger charge is 2.27. The van der Waals surface area contributed by atoms with E-state index in [0.717, 1.165) is 12.8 Å². The largest absolute Gasteiger partial charge is 0.337 e. The van der Waals surface area contributed by atoms with Crippen LogP contribution >= 0.6 is 7.60 Å². The standard InChI is InChI=1S/C11H21O4P/c1-14-16(13,15-2)9-11(12)8-10-6-4-3-5-7-10/h10H,3-9H2,1-2H3. The summed E-state index contributed by atoms with van der Waals surface area (Å²) < 4.78 is 21.3. The van der Waals surface area contributed by atoms with Crippen LogP contribution in [0.5, 0.6) is 0 Å². The molecule has 0 N–H and O–H groups in total. The quantitative estimate of drug-likeness (QED) is 0.678. The molecule has 1 aliphatic rings. The number of rotatable bonds is 6. The zero-order valence-electron chi connectivity index (χ0n) is 10.1. The van der Waals surface area contributed by atoms with Gasteiger partial charge in [-0.05, 0) is 5.92 Å². The van der Waals surface area contributed by atoms with Crippen molar-refractivity contribution in [1.29, 1.82) is 0 Å². The molecule has 0 aromatic rings. The van der Waals surface area contributed by atoms with Gasteiger partial charge in [0.15, 0.2) is 0 Å². The Morgan fingerprint density at radius 1 is 1.19 bits per heavy atom. The van der Waals surface area contributed by atoms with Crippen LogP contribution in [0, 0.1) is 5.92 Å². The minimum Gasteiger partial charge on any atom is -0.312 e. The van der Waals surface area contributed by atoms with Crippen LogP contribution in [0.25, 0.3) is 0 Å². The van der Waals surface area contributed by atoms with Crippen molar-refractivity contribution in [2.24, 2.45) is 5.92 Å². The van der Waals surface area contributed by atoms with E-state index in [-0.39, 0.29) is 11.9 Å². The summed E-state index contributed by atoms with van der Waals surface area (Å²) in [4.78, 5) is 11.7. The smallest absolute Gasteiger partial charge is 0.312 e. The second-order valence-electron chi connectivity index (χ2n) is 4.38. The lowest BCUT2D eigenvalue weighted by Gasteiger charge is -2.21. The van der Waals surface area contributed by atoms with Gasteiger partial charge in [-0.15, -0.1) is 0 Å². The topological polar surface area (TPSA) is 52.6 Å². The molecular formula is C11H21O4P. The minimum absolute atomic E-state index is 0.000988. The van der Waals surface area contributed by atoms with Crippen molar-refractivity contribution in [3.05, 3.63) is 0 Å². The summed E-state index contributed by atoms with van der Waals surface area (Å²) in [6.07, 6.45) is 6.38. The van der Waals surface area contributed by atoms with E-state index >= 15 is 0 Å². The second-order valence-corrected chi connectivity index (χ2v) is 6.65. The lowest BCUT2D eigenvalue weighted by atomic mass is 9.86. The SMILES string of the molecule is COP(=O)(CC(=O)CC1CCCCC1)OC. The Balaban J connectivity index is 2.37. The minimum atomic E-state index is -3.15. The van der Waals surface area contributed by atoms with Crippen LogP contribution in [0.2, 0.25) is 0 Å². The van der Waals surface area contributed by atoms with E-state index in [1.807, 2.05) is 0 Å². The van der Waals surface area contributed by atoms with Gasteiger partial charge in [0.25, 0.3) is 0 Å². The van der Waals surface area contributed by atoms with Gasteiger partial charge in [0.2, 0.25) is 0 Å². The Morgan fingerprint density at radius 3 is 2.25 bits per heavy atom. The number of carbonyl (C=O) groups is 1. The molecule has 0 spiro atoms. The first-order valence-corrected chi connectivity index (χ1v) is 7.54. The molecule has 0 saturated heterocycles. The maximum absolute atomic E-state index is 11.7. The van der Waals surface area contributed by atoms with Crippen molar-refractivity contribution >= 4 is 13.4 Å². The monoisotopic (exact) mass is 248 g/mol. The van der Waals surface area contributed by atoms with Gasteiger partial charge < -0.3 is 9.05 Å². The zero-order valence-corrected chi connectivity index (χ0v) is 11.0. The Bertz CT molecular complexity index is 263. The van der Waals surface area contributed by atoms with E-state index in [2.05, 4.69) is 0 Å². The molecule has 94 valence electrons. The molecule has 16 heavy (non-hydrogen) atoms. The van der Waals surface area contributed by atoms with E-state index in [0.29, 0.717) is 12.3 Å². The van der Waals surface area contributed by atoms with Crippen molar-refractivity contribution in [1.82, 2.24) is 0 Å². The van der Waals surface area contributed by atoms with Gasteiger partial charge in [0.1, 0.15) is 11.9 Å². The number of Topliss-reactive ketones (excluding diaryl/α,β-unsaturated/α-hetero) is 1. The van der Waals surface area contributed by atoms with Gasteiger partial charge in [-0.25, -0.2) is 0 Å². The molecule has 0 aromatic carbocycles. The number of ketones is 1. The highest BCUT2D eigenvalue weighted by atomic mass is 31.2. The van der Waals surface area contributed by atoms with Crippen LogP contribution in [0.4, 0.5) is 0 Å². The summed E-state index contributed by atoms with van der Waals surface area (Å²) >= 11 is 0. The predicted molar refractivity (Wildman–Crippen MR) is 62.7 cm³/mol. The second kappa shape index (κ2) is 6.53. The summed E-state index contributed by atoms with van der Waals surface area (Å²) in [6, 6.07) is 0. The molecule has 0 radical (unpaired) electrons. The van der Waals surface area contributed by atoms with Gasteiger partial charge in [-0.2, -0.15) is 0 Å². The molecule has 4 nitrogen and oxygen atoms in total. The van der Waals surface area contributed by atoms with E-state index < -0.39 is 7.60 Å². The Morgan fingerprint density at radius 2 is 1.75 bits per heavy atom. The van der Waals surface area contributed by atoms with Gasteiger partial charge in [0, 0.05) is 20.6 Å². The number of hydrogen-bond donors (Lipinski definition) is 0. The molecule has 1 saturated carbocycles. The molecule has 0 aromatic heterocycles. The normalized spacial score (nSPS) is 18.6. The lowest BCUT2D eigenvalue weighted by Crippen LogP contribution is -2.15. The fraction of sp³-hybridized carbons (Fsp3) is 0.909. The average Bonchev–Trinajstić information content (AvgIpc) is 2.30. The molecule has 0 amide bonds. The third-order valence-electron chi connectivity index (χ3n) is 3.17. The molecule has 0 heterocycles. The predicted octanol–water partition coefficient (Wildman–Crippen LogP) is 3.01. The van der Waals surface area contributed by atoms with Crippen LogP contribution < -0.4 is 0 Å². The molecule has 1 rings (SSSR count). The Hall–Kier alpha value is -0.180. The van der Waals surface area contributed by atoms with Crippen LogP contribution in [0.1, 0.15) is 38.5 Å². The van der Waals surface area contributed by atoms with E-state index in [1.165, 1.54) is 33.5 Å². The van der Waals surface area contributed by atoms with Crippen LogP contribution in [0.3, 0.4) is 0 Å². The van der Waals surface area contributed by atoms with E-state index in [1.54, 1.807) is 0 Å². The molecule has 1 fully saturated rings. The van der Waals surface area contributed by atoms with E-state index in [9.17, 15) is 9.36 Å². The maximum atomic E-state index is 11.7. The first kappa shape index (κ1) is 13.9. The highest BCUT2D eigenvalue weighted by molar-refractivity contribution is 7.54. The molecule has 0 bridgehead atoms. The lowest BCUT2D eigenvalue weighted by molar-refractivity contribution is -0.118. The van der Waals surface area contributed by atoms with Gasteiger partial charge in [-0.1, -0.05) is 32.1 Å². The van der Waals surface area contributed by atoms with Crippen LogP contribution in [0.15, 0.2) is 0 Å². The number of carbonyl (C=O) groups excluding carboxylic acids is 1. The van der Waals surface area contributed by atoms with Crippen molar-refractivity contribution in [3.63, 3.8) is 0 Å². The third kappa shape index (κ3) is 4.36. The average molecular weight is 248 g/mol. The van der Waals surface area contributed by atoms with Crippen molar-refractivity contribution in [3.8, 4) is 0 Å². The summed E-state index contributed by atoms with van der Waals surface area (Å²) in [5, 5.41) is 0. The summed E-state index contributed by atoms with van der Waals surface area (Å²) in [5.41, 5.74) is 0. The molecule has 1 aliphatic carbocycles. The molecular weight excluding hydrogens is 227 g/mol. The zero-order chi connectivity index (χ0) is 12.0. The molecule has 5 heteroatoms. The third-order valence-corrected chi connectivity index (χ3v) is 5.02. The number of hydrogen-bond acceptors (Lipinski definition) is 4. The molecule has 0 unspecified atom stereocenters. The summed E-state index contributed by atoms with van der Waals surface area (Å²) in [5.74, 6) is 0.474. The molecule has 0 atom stereocenters. The summed E-state index contributed by atoms with van der Waals surface area (Å²) in [6.45, 7) is 0. The van der Waals surface area contributed by atoms with Crippen molar-refractivity contribution in [2.75, 3.05) is 20.4 Å².